The summed E-state index contributed by atoms with van der Waals surface area (Å²) in [6, 6.07) is 0.529. The Kier molecular flexibility index (Phi) is 5.62. The van der Waals surface area contributed by atoms with Crippen LogP contribution >= 0.6 is 0 Å². The van der Waals surface area contributed by atoms with Gasteiger partial charge in [0.15, 0.2) is 11.2 Å². The van der Waals surface area contributed by atoms with Crippen LogP contribution in [0.3, 0.4) is 0 Å². The molecule has 144 valence electrons. The van der Waals surface area contributed by atoms with Gasteiger partial charge in [-0.2, -0.15) is 0 Å². The van der Waals surface area contributed by atoms with E-state index in [1.54, 1.807) is 7.05 Å². The van der Waals surface area contributed by atoms with Crippen molar-refractivity contribution in [2.45, 2.75) is 58.2 Å². The van der Waals surface area contributed by atoms with Crippen LogP contribution in [-0.4, -0.2) is 47.9 Å². The maximum Gasteiger partial charge on any atom is 0.332 e. The van der Waals surface area contributed by atoms with Crippen molar-refractivity contribution in [2.24, 2.45) is 14.1 Å². The third-order valence-electron chi connectivity index (χ3n) is 5.53. The van der Waals surface area contributed by atoms with Crippen molar-refractivity contribution >= 4 is 11.2 Å². The summed E-state index contributed by atoms with van der Waals surface area (Å²) in [4.78, 5) is 32.1. The predicted molar refractivity (Wildman–Crippen MR) is 100 cm³/mol. The smallest absolute Gasteiger partial charge is 0.332 e. The number of piperidine rings is 1. The molecule has 1 N–H and O–H groups in total. The molecule has 0 spiro atoms. The van der Waals surface area contributed by atoms with Gasteiger partial charge < -0.3 is 9.67 Å². The molecular formula is C18H29N5O3. The van der Waals surface area contributed by atoms with Crippen molar-refractivity contribution in [3.8, 4) is 0 Å². The Hall–Kier alpha value is -1.93. The lowest BCUT2D eigenvalue weighted by molar-refractivity contribution is 0.131. The molecular weight excluding hydrogens is 334 g/mol. The van der Waals surface area contributed by atoms with Gasteiger partial charge in [0.05, 0.1) is 6.54 Å². The molecule has 1 atom stereocenters. The van der Waals surface area contributed by atoms with E-state index in [1.165, 1.54) is 30.9 Å². The van der Waals surface area contributed by atoms with E-state index >= 15 is 0 Å². The number of nitrogens with zero attached hydrogens (tertiary/aromatic N) is 5. The highest BCUT2D eigenvalue weighted by Gasteiger charge is 2.25. The number of fused-ring (bicyclic) bond motifs is 1. The van der Waals surface area contributed by atoms with Crippen molar-refractivity contribution in [3.05, 3.63) is 26.7 Å². The van der Waals surface area contributed by atoms with E-state index in [1.807, 2.05) is 4.57 Å². The van der Waals surface area contributed by atoms with Crippen molar-refractivity contribution in [1.29, 1.82) is 0 Å². The number of aromatic nitrogens is 4. The summed E-state index contributed by atoms with van der Waals surface area (Å²) >= 11 is 0. The first-order chi connectivity index (χ1) is 12.5. The summed E-state index contributed by atoms with van der Waals surface area (Å²) in [5, 5.41) is 9.27. The molecule has 0 amide bonds. The van der Waals surface area contributed by atoms with Gasteiger partial charge in [0.25, 0.3) is 5.56 Å². The van der Waals surface area contributed by atoms with Gasteiger partial charge in [0.2, 0.25) is 0 Å². The summed E-state index contributed by atoms with van der Waals surface area (Å²) in [7, 11) is 3.14. The summed E-state index contributed by atoms with van der Waals surface area (Å²) in [6.07, 6.45) is 5.25. The van der Waals surface area contributed by atoms with E-state index in [4.69, 9.17) is 0 Å². The van der Waals surface area contributed by atoms with Crippen LogP contribution in [0.4, 0.5) is 0 Å². The van der Waals surface area contributed by atoms with E-state index in [2.05, 4.69) is 16.8 Å². The van der Waals surface area contributed by atoms with E-state index in [-0.39, 0.29) is 17.9 Å². The summed E-state index contributed by atoms with van der Waals surface area (Å²) in [5.74, 6) is 0.798. The van der Waals surface area contributed by atoms with Crippen molar-refractivity contribution in [3.63, 3.8) is 0 Å². The lowest BCUT2D eigenvalue weighted by Gasteiger charge is -2.34. The Bertz CT molecular complexity index is 895. The highest BCUT2D eigenvalue weighted by molar-refractivity contribution is 5.71. The molecule has 0 aromatic carbocycles. The van der Waals surface area contributed by atoms with Gasteiger partial charge in [0.1, 0.15) is 5.82 Å². The number of imidazole rings is 1. The first kappa shape index (κ1) is 18.8. The molecule has 1 fully saturated rings. The summed E-state index contributed by atoms with van der Waals surface area (Å²) in [5.41, 5.74) is 0.176. The van der Waals surface area contributed by atoms with Gasteiger partial charge in [-0.1, -0.05) is 13.3 Å². The van der Waals surface area contributed by atoms with Crippen LogP contribution < -0.4 is 11.2 Å². The van der Waals surface area contributed by atoms with E-state index in [9.17, 15) is 14.7 Å². The molecule has 1 aliphatic rings. The Morgan fingerprint density at radius 1 is 1.19 bits per heavy atom. The van der Waals surface area contributed by atoms with Gasteiger partial charge in [0, 0.05) is 33.3 Å². The minimum Gasteiger partial charge on any atom is -0.396 e. The maximum atomic E-state index is 12.7. The molecule has 2 aromatic heterocycles. The fourth-order valence-corrected chi connectivity index (χ4v) is 3.99. The number of rotatable bonds is 6. The lowest BCUT2D eigenvalue weighted by Crippen LogP contribution is -2.39. The quantitative estimate of drug-likeness (QED) is 0.811. The molecule has 2 aromatic rings. The van der Waals surface area contributed by atoms with Crippen LogP contribution in [0.5, 0.6) is 0 Å². The molecule has 0 aliphatic carbocycles. The number of hydrogen-bond acceptors (Lipinski definition) is 5. The van der Waals surface area contributed by atoms with E-state index in [0.29, 0.717) is 36.7 Å². The molecule has 0 unspecified atom stereocenters. The highest BCUT2D eigenvalue weighted by Crippen LogP contribution is 2.22. The van der Waals surface area contributed by atoms with Crippen LogP contribution in [0.25, 0.3) is 11.2 Å². The van der Waals surface area contributed by atoms with Crippen LogP contribution in [0.2, 0.25) is 0 Å². The van der Waals surface area contributed by atoms with Gasteiger partial charge in [-0.3, -0.25) is 18.8 Å². The molecule has 0 saturated carbocycles. The molecule has 0 bridgehead atoms. The molecule has 3 rings (SSSR count). The Labute approximate surface area is 152 Å². The first-order valence-electron chi connectivity index (χ1n) is 9.49. The SMILES string of the molecule is CC[C@H]1CCCCN1Cc1nc2c(c(=O)n(C)c(=O)n2C)n1CCCO. The second kappa shape index (κ2) is 7.75. The monoisotopic (exact) mass is 363 g/mol. The fraction of sp³-hybridized carbons (Fsp3) is 0.722. The highest BCUT2D eigenvalue weighted by atomic mass is 16.3. The predicted octanol–water partition coefficient (Wildman–Crippen LogP) is 0.581. The zero-order valence-electron chi connectivity index (χ0n) is 15.9. The normalized spacial score (nSPS) is 18.7. The first-order valence-corrected chi connectivity index (χ1v) is 9.49. The van der Waals surface area contributed by atoms with E-state index < -0.39 is 0 Å². The lowest BCUT2D eigenvalue weighted by atomic mass is 10.0. The molecule has 1 aliphatic heterocycles. The average Bonchev–Trinajstić information content (AvgIpc) is 3.01. The molecule has 3 heterocycles. The number of likely N-dealkylation sites (tertiary alicyclic amines) is 1. The number of aliphatic hydroxyl groups is 1. The van der Waals surface area contributed by atoms with Gasteiger partial charge in [-0.25, -0.2) is 9.78 Å². The minimum atomic E-state index is -0.370. The van der Waals surface area contributed by atoms with Crippen LogP contribution in [-0.2, 0) is 27.2 Å². The van der Waals surface area contributed by atoms with Crippen LogP contribution in [0.1, 0.15) is 44.9 Å². The standard InChI is InChI=1S/C18H29N5O3/c1-4-13-8-5-6-9-22(13)12-14-19-16-15(23(14)10-7-11-24)17(25)21(3)18(26)20(16)2/h13,24H,4-12H2,1-3H3/t13-/m0/s1. The van der Waals surface area contributed by atoms with Crippen molar-refractivity contribution < 1.29 is 5.11 Å². The Morgan fingerprint density at radius 3 is 2.65 bits per heavy atom. The summed E-state index contributed by atoms with van der Waals surface area (Å²) < 4.78 is 4.46. The van der Waals surface area contributed by atoms with Gasteiger partial charge in [-0.15, -0.1) is 0 Å². The van der Waals surface area contributed by atoms with E-state index in [0.717, 1.165) is 23.4 Å². The van der Waals surface area contributed by atoms with Gasteiger partial charge in [-0.05, 0) is 32.2 Å². The van der Waals surface area contributed by atoms with Crippen LogP contribution in [0.15, 0.2) is 9.59 Å². The fourth-order valence-electron chi connectivity index (χ4n) is 3.99. The molecule has 8 nitrogen and oxygen atoms in total. The Morgan fingerprint density at radius 2 is 1.96 bits per heavy atom. The Balaban J connectivity index is 2.12. The number of aryl methyl sites for hydroxylation is 2. The summed E-state index contributed by atoms with van der Waals surface area (Å²) in [6.45, 7) is 4.46. The zero-order chi connectivity index (χ0) is 18.8. The van der Waals surface area contributed by atoms with Crippen molar-refractivity contribution in [2.75, 3.05) is 13.2 Å². The molecule has 8 heteroatoms. The second-order valence-corrected chi connectivity index (χ2v) is 7.16. The van der Waals surface area contributed by atoms with Gasteiger partial charge >= 0.3 is 5.69 Å². The molecule has 0 radical (unpaired) electrons. The van der Waals surface area contributed by atoms with Crippen molar-refractivity contribution in [1.82, 2.24) is 23.6 Å². The topological polar surface area (TPSA) is 85.3 Å². The third-order valence-corrected chi connectivity index (χ3v) is 5.53. The third kappa shape index (κ3) is 3.23. The molecule has 1 saturated heterocycles. The van der Waals surface area contributed by atoms with Crippen LogP contribution in [0, 0.1) is 0 Å². The maximum absolute atomic E-state index is 12.7. The average molecular weight is 363 g/mol. The number of aliphatic hydroxyl groups excluding tert-OH is 1. The zero-order valence-corrected chi connectivity index (χ0v) is 15.9. The minimum absolute atomic E-state index is 0.0481. The number of hydrogen-bond donors (Lipinski definition) is 1. The largest absolute Gasteiger partial charge is 0.396 e. The molecule has 26 heavy (non-hydrogen) atoms. The second-order valence-electron chi connectivity index (χ2n) is 7.16.